The number of rotatable bonds is 4. The number of hydrogen-bond acceptors (Lipinski definition) is 4. The number of aromatic amines is 1. The highest BCUT2D eigenvalue weighted by atomic mass is 16.1. The smallest absolute Gasteiger partial charge is 0.251 e. The molecule has 0 saturated carbocycles. The highest BCUT2D eigenvalue weighted by Crippen LogP contribution is 2.16. The van der Waals surface area contributed by atoms with Crippen LogP contribution in [-0.2, 0) is 6.54 Å². The molecule has 2 aromatic rings. The van der Waals surface area contributed by atoms with Crippen molar-refractivity contribution in [3.8, 4) is 11.4 Å². The fraction of sp³-hybridized carbons (Fsp3) is 0.308. The summed E-state index contributed by atoms with van der Waals surface area (Å²) in [5.41, 5.74) is 2.48. The molecule has 5 nitrogen and oxygen atoms in total. The maximum absolute atomic E-state index is 11.6. The summed E-state index contributed by atoms with van der Waals surface area (Å²) in [4.78, 5) is 22.9. The van der Waals surface area contributed by atoms with Crippen LogP contribution in [0.25, 0.3) is 11.4 Å². The minimum Gasteiger partial charge on any atom is -0.311 e. The third-order valence-corrected chi connectivity index (χ3v) is 2.65. The molecule has 0 unspecified atom stereocenters. The minimum absolute atomic E-state index is 0.142. The first-order valence-corrected chi connectivity index (χ1v) is 5.92. The molecule has 0 fully saturated rings. The Kier molecular flexibility index (Phi) is 3.84. The second-order valence-electron chi connectivity index (χ2n) is 4.06. The second kappa shape index (κ2) is 5.55. The number of nitrogens with zero attached hydrogens (tertiary/aromatic N) is 2. The molecule has 0 amide bonds. The van der Waals surface area contributed by atoms with Crippen LogP contribution < -0.4 is 10.9 Å². The van der Waals surface area contributed by atoms with Crippen molar-refractivity contribution < 1.29 is 0 Å². The molecule has 2 aromatic heterocycles. The Morgan fingerprint density at radius 1 is 1.44 bits per heavy atom. The van der Waals surface area contributed by atoms with Crippen molar-refractivity contribution in [1.82, 2.24) is 20.3 Å². The van der Waals surface area contributed by atoms with Crippen molar-refractivity contribution in [2.24, 2.45) is 0 Å². The number of aromatic nitrogens is 3. The molecule has 0 atom stereocenters. The van der Waals surface area contributed by atoms with E-state index in [0.29, 0.717) is 12.4 Å². The maximum atomic E-state index is 11.6. The molecule has 0 radical (unpaired) electrons. The molecule has 0 bridgehead atoms. The Bertz CT molecular complexity index is 592. The van der Waals surface area contributed by atoms with E-state index < -0.39 is 0 Å². The molecule has 2 rings (SSSR count). The molecular formula is C13H16N4O. The van der Waals surface area contributed by atoms with E-state index in [4.69, 9.17) is 0 Å². The van der Waals surface area contributed by atoms with Gasteiger partial charge in [0, 0.05) is 30.6 Å². The molecule has 0 spiro atoms. The monoisotopic (exact) mass is 244 g/mol. The third kappa shape index (κ3) is 2.81. The van der Waals surface area contributed by atoms with Gasteiger partial charge in [0.15, 0.2) is 0 Å². The molecule has 2 heterocycles. The van der Waals surface area contributed by atoms with E-state index in [9.17, 15) is 4.79 Å². The van der Waals surface area contributed by atoms with Crippen LogP contribution in [0, 0.1) is 6.92 Å². The van der Waals surface area contributed by atoms with Crippen LogP contribution in [0.1, 0.15) is 18.2 Å². The van der Waals surface area contributed by atoms with Gasteiger partial charge in [-0.2, -0.15) is 0 Å². The Morgan fingerprint density at radius 2 is 2.28 bits per heavy atom. The summed E-state index contributed by atoms with van der Waals surface area (Å²) in [6, 6.07) is 3.41. The number of aryl methyl sites for hydroxylation is 1. The van der Waals surface area contributed by atoms with E-state index in [1.165, 1.54) is 6.07 Å². The number of nitrogens with one attached hydrogen (secondary N) is 2. The Hall–Kier alpha value is -2.01. The van der Waals surface area contributed by atoms with Crippen LogP contribution in [-0.4, -0.2) is 21.5 Å². The molecule has 18 heavy (non-hydrogen) atoms. The molecule has 94 valence electrons. The van der Waals surface area contributed by atoms with Gasteiger partial charge in [-0.25, -0.2) is 4.98 Å². The van der Waals surface area contributed by atoms with Crippen LogP contribution >= 0.6 is 0 Å². The van der Waals surface area contributed by atoms with Gasteiger partial charge in [-0.3, -0.25) is 9.78 Å². The molecular weight excluding hydrogens is 228 g/mol. The zero-order valence-corrected chi connectivity index (χ0v) is 10.5. The standard InChI is InChI=1S/C13H16N4O/c1-3-14-7-10-6-12(18)17-13(16-10)11-8-15-5-4-9(11)2/h4-6,8,14H,3,7H2,1-2H3,(H,16,17,18). The number of pyridine rings is 1. The van der Waals surface area contributed by atoms with Gasteiger partial charge >= 0.3 is 0 Å². The van der Waals surface area contributed by atoms with Gasteiger partial charge in [0.2, 0.25) is 0 Å². The van der Waals surface area contributed by atoms with Gasteiger partial charge in [0.1, 0.15) is 5.82 Å². The summed E-state index contributed by atoms with van der Waals surface area (Å²) < 4.78 is 0. The van der Waals surface area contributed by atoms with E-state index in [2.05, 4.69) is 20.3 Å². The van der Waals surface area contributed by atoms with E-state index in [1.54, 1.807) is 12.4 Å². The highest BCUT2D eigenvalue weighted by molar-refractivity contribution is 5.57. The first kappa shape index (κ1) is 12.4. The molecule has 0 aliphatic heterocycles. The summed E-state index contributed by atoms with van der Waals surface area (Å²) in [5.74, 6) is 0.570. The van der Waals surface area contributed by atoms with E-state index in [1.807, 2.05) is 19.9 Å². The molecule has 0 saturated heterocycles. The van der Waals surface area contributed by atoms with Gasteiger partial charge < -0.3 is 10.3 Å². The van der Waals surface area contributed by atoms with Gasteiger partial charge in [-0.1, -0.05) is 6.92 Å². The van der Waals surface area contributed by atoms with E-state index >= 15 is 0 Å². The van der Waals surface area contributed by atoms with Crippen molar-refractivity contribution in [3.05, 3.63) is 46.1 Å². The van der Waals surface area contributed by atoms with Crippen LogP contribution in [0.2, 0.25) is 0 Å². The maximum Gasteiger partial charge on any atom is 0.251 e. The summed E-state index contributed by atoms with van der Waals surface area (Å²) in [6.45, 7) is 5.41. The summed E-state index contributed by atoms with van der Waals surface area (Å²) >= 11 is 0. The van der Waals surface area contributed by atoms with Crippen molar-refractivity contribution in [2.75, 3.05) is 6.54 Å². The third-order valence-electron chi connectivity index (χ3n) is 2.65. The molecule has 2 N–H and O–H groups in total. The minimum atomic E-state index is -0.142. The molecule has 5 heteroatoms. The Labute approximate surface area is 105 Å². The van der Waals surface area contributed by atoms with Crippen LogP contribution in [0.5, 0.6) is 0 Å². The van der Waals surface area contributed by atoms with Crippen molar-refractivity contribution in [3.63, 3.8) is 0 Å². The molecule has 0 aliphatic rings. The highest BCUT2D eigenvalue weighted by Gasteiger charge is 2.06. The predicted molar refractivity (Wildman–Crippen MR) is 70.2 cm³/mol. The molecule has 0 aromatic carbocycles. The average molecular weight is 244 g/mol. The van der Waals surface area contributed by atoms with Gasteiger partial charge in [0.05, 0.1) is 5.69 Å². The topological polar surface area (TPSA) is 70.7 Å². The lowest BCUT2D eigenvalue weighted by atomic mass is 10.1. The van der Waals surface area contributed by atoms with E-state index in [-0.39, 0.29) is 5.56 Å². The van der Waals surface area contributed by atoms with Crippen molar-refractivity contribution in [2.45, 2.75) is 20.4 Å². The number of hydrogen-bond donors (Lipinski definition) is 2. The second-order valence-corrected chi connectivity index (χ2v) is 4.06. The van der Waals surface area contributed by atoms with Crippen LogP contribution in [0.4, 0.5) is 0 Å². The molecule has 0 aliphatic carbocycles. The Morgan fingerprint density at radius 3 is 3.00 bits per heavy atom. The lowest BCUT2D eigenvalue weighted by Gasteiger charge is -2.06. The predicted octanol–water partition coefficient (Wildman–Crippen LogP) is 1.25. The zero-order chi connectivity index (χ0) is 13.0. The number of H-pyrrole nitrogens is 1. The van der Waals surface area contributed by atoms with E-state index in [0.717, 1.165) is 23.4 Å². The lowest BCUT2D eigenvalue weighted by Crippen LogP contribution is -2.17. The lowest BCUT2D eigenvalue weighted by molar-refractivity contribution is 0.708. The first-order valence-electron chi connectivity index (χ1n) is 5.92. The summed E-state index contributed by atoms with van der Waals surface area (Å²) in [7, 11) is 0. The summed E-state index contributed by atoms with van der Waals surface area (Å²) in [6.07, 6.45) is 3.43. The van der Waals surface area contributed by atoms with Crippen LogP contribution in [0.3, 0.4) is 0 Å². The average Bonchev–Trinajstić information content (AvgIpc) is 2.36. The zero-order valence-electron chi connectivity index (χ0n) is 10.5. The SMILES string of the molecule is CCNCc1cc(=O)[nH]c(-c2cnccc2C)n1. The van der Waals surface area contributed by atoms with Gasteiger partial charge in [0.25, 0.3) is 5.56 Å². The fourth-order valence-corrected chi connectivity index (χ4v) is 1.69. The summed E-state index contributed by atoms with van der Waals surface area (Å²) in [5, 5.41) is 3.15. The van der Waals surface area contributed by atoms with Crippen LogP contribution in [0.15, 0.2) is 29.3 Å². The quantitative estimate of drug-likeness (QED) is 0.849. The normalized spacial score (nSPS) is 10.6. The van der Waals surface area contributed by atoms with Crippen molar-refractivity contribution in [1.29, 1.82) is 0 Å². The van der Waals surface area contributed by atoms with Gasteiger partial charge in [-0.15, -0.1) is 0 Å². The Balaban J connectivity index is 2.42. The largest absolute Gasteiger partial charge is 0.311 e. The first-order chi connectivity index (χ1) is 8.70. The van der Waals surface area contributed by atoms with Gasteiger partial charge in [-0.05, 0) is 25.1 Å². The fourth-order valence-electron chi connectivity index (χ4n) is 1.69. The van der Waals surface area contributed by atoms with Crippen molar-refractivity contribution >= 4 is 0 Å².